The van der Waals surface area contributed by atoms with E-state index in [9.17, 15) is 13.2 Å². The van der Waals surface area contributed by atoms with Crippen LogP contribution in [0.3, 0.4) is 0 Å². The molecule has 1 aliphatic rings. The van der Waals surface area contributed by atoms with Gasteiger partial charge in [0.15, 0.2) is 21.3 Å². The summed E-state index contributed by atoms with van der Waals surface area (Å²) in [6.07, 6.45) is 3.49. The van der Waals surface area contributed by atoms with E-state index in [1.54, 1.807) is 29.0 Å². The third-order valence-corrected chi connectivity index (χ3v) is 7.17. The molecular weight excluding hydrogens is 446 g/mol. The maximum atomic E-state index is 12.7. The van der Waals surface area contributed by atoms with E-state index in [0.29, 0.717) is 35.1 Å². The highest BCUT2D eigenvalue weighted by Crippen LogP contribution is 2.38. The monoisotopic (exact) mass is 477 g/mol. The van der Waals surface area contributed by atoms with Gasteiger partial charge in [0.05, 0.1) is 44.6 Å². The summed E-state index contributed by atoms with van der Waals surface area (Å²) in [5, 5.41) is 7.48. The SMILES string of the molecule is COc1cc(/C=C/C(=O)Nc2cc(C(C)(C)C)nn2C2CCS(=O)(=O)C2)cc(OC)c1OC. The molecule has 1 aromatic heterocycles. The molecule has 1 fully saturated rings. The van der Waals surface area contributed by atoms with Crippen LogP contribution in [0.4, 0.5) is 5.82 Å². The van der Waals surface area contributed by atoms with Crippen LogP contribution < -0.4 is 19.5 Å². The fourth-order valence-corrected chi connectivity index (χ4v) is 5.33. The maximum Gasteiger partial charge on any atom is 0.249 e. The number of aromatic nitrogens is 2. The highest BCUT2D eigenvalue weighted by molar-refractivity contribution is 7.91. The van der Waals surface area contributed by atoms with Crippen LogP contribution in [0.15, 0.2) is 24.3 Å². The van der Waals surface area contributed by atoms with Gasteiger partial charge in [0.1, 0.15) is 5.82 Å². The molecule has 2 heterocycles. The van der Waals surface area contributed by atoms with Crippen LogP contribution in [0.1, 0.15) is 44.5 Å². The van der Waals surface area contributed by atoms with Gasteiger partial charge in [0.25, 0.3) is 0 Å². The fourth-order valence-electron chi connectivity index (χ4n) is 3.64. The minimum atomic E-state index is -3.10. The number of nitrogens with zero attached hydrogens (tertiary/aromatic N) is 2. The van der Waals surface area contributed by atoms with Crippen molar-refractivity contribution in [1.29, 1.82) is 0 Å². The Morgan fingerprint density at radius 3 is 2.24 bits per heavy atom. The average Bonchev–Trinajstić information content (AvgIpc) is 3.33. The second kappa shape index (κ2) is 9.46. The van der Waals surface area contributed by atoms with Gasteiger partial charge in [-0.15, -0.1) is 0 Å². The Morgan fingerprint density at radius 2 is 1.76 bits per heavy atom. The first-order valence-electron chi connectivity index (χ1n) is 10.6. The summed E-state index contributed by atoms with van der Waals surface area (Å²) in [5.41, 5.74) is 1.20. The van der Waals surface area contributed by atoms with Crippen molar-refractivity contribution in [3.8, 4) is 17.2 Å². The maximum absolute atomic E-state index is 12.7. The van der Waals surface area contributed by atoms with Gasteiger partial charge < -0.3 is 19.5 Å². The number of methoxy groups -OCH3 is 3. The summed E-state index contributed by atoms with van der Waals surface area (Å²) in [7, 11) is 1.46. The van der Waals surface area contributed by atoms with Gasteiger partial charge in [-0.05, 0) is 30.2 Å². The second-order valence-electron chi connectivity index (χ2n) is 8.95. The normalized spacial score (nSPS) is 17.8. The third-order valence-electron chi connectivity index (χ3n) is 5.42. The number of benzene rings is 1. The molecule has 0 bridgehead atoms. The average molecular weight is 478 g/mol. The molecule has 2 aromatic rings. The van der Waals surface area contributed by atoms with Crippen molar-refractivity contribution >= 4 is 27.6 Å². The lowest BCUT2D eigenvalue weighted by molar-refractivity contribution is -0.111. The molecule has 1 unspecified atom stereocenters. The summed E-state index contributed by atoms with van der Waals surface area (Å²) < 4.78 is 41.6. The smallest absolute Gasteiger partial charge is 0.249 e. The van der Waals surface area contributed by atoms with E-state index in [-0.39, 0.29) is 28.9 Å². The number of amides is 1. The van der Waals surface area contributed by atoms with Crippen molar-refractivity contribution in [2.24, 2.45) is 0 Å². The molecule has 0 spiro atoms. The van der Waals surface area contributed by atoms with Crippen molar-refractivity contribution in [1.82, 2.24) is 9.78 Å². The van der Waals surface area contributed by atoms with Crippen LogP contribution in [-0.4, -0.2) is 56.9 Å². The minimum absolute atomic E-state index is 0.0163. The Bertz CT molecular complexity index is 1140. The zero-order valence-electron chi connectivity index (χ0n) is 19.8. The molecule has 9 nitrogen and oxygen atoms in total. The van der Waals surface area contributed by atoms with Crippen molar-refractivity contribution in [2.45, 2.75) is 38.6 Å². The summed E-state index contributed by atoms with van der Waals surface area (Å²) in [6, 6.07) is 4.96. The molecule has 3 rings (SSSR count). The number of rotatable bonds is 7. The van der Waals surface area contributed by atoms with E-state index in [4.69, 9.17) is 14.2 Å². The van der Waals surface area contributed by atoms with E-state index in [2.05, 4.69) is 10.4 Å². The van der Waals surface area contributed by atoms with Crippen LogP contribution in [0.25, 0.3) is 6.08 Å². The molecule has 180 valence electrons. The molecule has 1 N–H and O–H groups in total. The molecule has 1 aliphatic heterocycles. The van der Waals surface area contributed by atoms with Crippen molar-refractivity contribution in [2.75, 3.05) is 38.2 Å². The lowest BCUT2D eigenvalue weighted by Crippen LogP contribution is -2.19. The van der Waals surface area contributed by atoms with E-state index >= 15 is 0 Å². The van der Waals surface area contributed by atoms with Crippen LogP contribution in [0.5, 0.6) is 17.2 Å². The first kappa shape index (κ1) is 24.6. The molecule has 1 aromatic carbocycles. The molecule has 0 radical (unpaired) electrons. The van der Waals surface area contributed by atoms with Gasteiger partial charge in [0.2, 0.25) is 11.7 Å². The van der Waals surface area contributed by atoms with E-state index in [0.717, 1.165) is 5.69 Å². The number of carbonyl (C=O) groups is 1. The van der Waals surface area contributed by atoms with Gasteiger partial charge in [-0.2, -0.15) is 5.10 Å². The van der Waals surface area contributed by atoms with Crippen molar-refractivity contribution < 1.29 is 27.4 Å². The van der Waals surface area contributed by atoms with Crippen LogP contribution in [-0.2, 0) is 20.0 Å². The first-order valence-corrected chi connectivity index (χ1v) is 12.4. The van der Waals surface area contributed by atoms with Crippen LogP contribution >= 0.6 is 0 Å². The molecule has 0 saturated carbocycles. The molecular formula is C23H31N3O6S. The number of hydrogen-bond acceptors (Lipinski definition) is 7. The van der Waals surface area contributed by atoms with Gasteiger partial charge in [0, 0.05) is 17.6 Å². The zero-order chi connectivity index (χ0) is 24.4. The molecule has 1 atom stereocenters. The molecule has 0 aliphatic carbocycles. The number of ether oxygens (including phenoxy) is 3. The number of anilines is 1. The van der Waals surface area contributed by atoms with Crippen LogP contribution in [0.2, 0.25) is 0 Å². The van der Waals surface area contributed by atoms with Gasteiger partial charge in [-0.25, -0.2) is 13.1 Å². The van der Waals surface area contributed by atoms with Crippen molar-refractivity contribution in [3.63, 3.8) is 0 Å². The Kier molecular flexibility index (Phi) is 7.06. The minimum Gasteiger partial charge on any atom is -0.493 e. The Morgan fingerprint density at radius 1 is 1.12 bits per heavy atom. The standard InChI is InChI=1S/C23H31N3O6S/c1-23(2,3)19-13-20(26(25-19)16-9-10-33(28,29)14-16)24-21(27)8-7-15-11-17(30-4)22(32-6)18(12-15)31-5/h7-8,11-13,16H,9-10,14H2,1-6H3,(H,24,27)/b8-7+. The highest BCUT2D eigenvalue weighted by Gasteiger charge is 2.32. The lowest BCUT2D eigenvalue weighted by Gasteiger charge is -2.15. The zero-order valence-corrected chi connectivity index (χ0v) is 20.7. The number of carbonyl (C=O) groups excluding carboxylic acids is 1. The summed E-state index contributed by atoms with van der Waals surface area (Å²) in [5.74, 6) is 1.66. The first-order chi connectivity index (χ1) is 15.5. The number of nitrogens with one attached hydrogen (secondary N) is 1. The van der Waals surface area contributed by atoms with E-state index in [1.807, 2.05) is 20.8 Å². The Labute approximate surface area is 194 Å². The quantitative estimate of drug-likeness (QED) is 0.610. The summed E-state index contributed by atoms with van der Waals surface area (Å²) in [6.45, 7) is 6.04. The summed E-state index contributed by atoms with van der Waals surface area (Å²) in [4.78, 5) is 12.7. The Hall–Kier alpha value is -3.01. The highest BCUT2D eigenvalue weighted by atomic mass is 32.2. The Balaban J connectivity index is 1.86. The topological polar surface area (TPSA) is 109 Å². The fraction of sp³-hybridized carbons (Fsp3) is 0.478. The van der Waals surface area contributed by atoms with Crippen molar-refractivity contribution in [3.05, 3.63) is 35.5 Å². The molecule has 33 heavy (non-hydrogen) atoms. The van der Waals surface area contributed by atoms with E-state index in [1.165, 1.54) is 27.4 Å². The third kappa shape index (κ3) is 5.68. The predicted molar refractivity (Wildman–Crippen MR) is 127 cm³/mol. The molecule has 10 heteroatoms. The number of sulfone groups is 1. The molecule has 1 saturated heterocycles. The van der Waals surface area contributed by atoms with Gasteiger partial charge in [-0.1, -0.05) is 20.8 Å². The van der Waals surface area contributed by atoms with Crippen LogP contribution in [0, 0.1) is 0 Å². The van der Waals surface area contributed by atoms with Gasteiger partial charge in [-0.3, -0.25) is 4.79 Å². The molecule has 1 amide bonds. The van der Waals surface area contributed by atoms with Gasteiger partial charge >= 0.3 is 0 Å². The van der Waals surface area contributed by atoms with E-state index < -0.39 is 9.84 Å². The second-order valence-corrected chi connectivity index (χ2v) is 11.2. The summed E-state index contributed by atoms with van der Waals surface area (Å²) >= 11 is 0. The predicted octanol–water partition coefficient (Wildman–Crippen LogP) is 3.22. The largest absolute Gasteiger partial charge is 0.493 e. The lowest BCUT2D eigenvalue weighted by atomic mass is 9.92. The number of hydrogen-bond donors (Lipinski definition) is 1.